The fourth-order valence-corrected chi connectivity index (χ4v) is 2.52. The number of halogens is 1. The zero-order valence-electron chi connectivity index (χ0n) is 7.08. The van der Waals surface area contributed by atoms with Gasteiger partial charge in [0.15, 0.2) is 0 Å². The molecule has 0 radical (unpaired) electrons. The van der Waals surface area contributed by atoms with Crippen LogP contribution in [0.15, 0.2) is 23.1 Å². The van der Waals surface area contributed by atoms with Gasteiger partial charge >= 0.3 is 5.97 Å². The highest BCUT2D eigenvalue weighted by Gasteiger charge is 2.03. The summed E-state index contributed by atoms with van der Waals surface area (Å²) in [6, 6.07) is 5.74. The lowest BCUT2D eigenvalue weighted by molar-refractivity contribution is -0.136. The van der Waals surface area contributed by atoms with Crippen molar-refractivity contribution in [2.24, 2.45) is 0 Å². The third-order valence-corrected chi connectivity index (χ3v) is 3.66. The molecule has 0 aliphatic heterocycles. The van der Waals surface area contributed by atoms with Gasteiger partial charge in [-0.1, -0.05) is 6.07 Å². The van der Waals surface area contributed by atoms with Gasteiger partial charge in [0.1, 0.15) is 0 Å². The minimum absolute atomic E-state index is 0.102. The molecule has 0 heterocycles. The van der Waals surface area contributed by atoms with Crippen LogP contribution in [0.5, 0.6) is 0 Å². The molecule has 1 N–H and O–H groups in total. The van der Waals surface area contributed by atoms with E-state index in [0.29, 0.717) is 0 Å². The number of rotatable bonds is 3. The van der Waals surface area contributed by atoms with Crippen LogP contribution in [0.2, 0.25) is 0 Å². The van der Waals surface area contributed by atoms with Gasteiger partial charge in [-0.3, -0.25) is 4.79 Å². The second-order valence-corrected chi connectivity index (χ2v) is 4.55. The van der Waals surface area contributed by atoms with Crippen molar-refractivity contribution in [1.29, 1.82) is 0 Å². The average Bonchev–Trinajstić information content (AvgIpc) is 2.07. The van der Waals surface area contributed by atoms with E-state index in [9.17, 15) is 4.79 Å². The van der Waals surface area contributed by atoms with Crippen molar-refractivity contribution in [3.05, 3.63) is 27.3 Å². The van der Waals surface area contributed by atoms with Crippen molar-refractivity contribution in [2.45, 2.75) is 11.3 Å². The SMILES string of the molecule is CSc1cc(CC(=O)O)ccc1I. The Morgan fingerprint density at radius 3 is 2.85 bits per heavy atom. The third kappa shape index (κ3) is 3.19. The monoisotopic (exact) mass is 308 g/mol. The van der Waals surface area contributed by atoms with E-state index >= 15 is 0 Å². The number of carbonyl (C=O) groups is 1. The number of hydrogen-bond acceptors (Lipinski definition) is 2. The summed E-state index contributed by atoms with van der Waals surface area (Å²) in [7, 11) is 0. The van der Waals surface area contributed by atoms with E-state index < -0.39 is 5.97 Å². The molecule has 0 aliphatic rings. The highest BCUT2D eigenvalue weighted by molar-refractivity contribution is 14.1. The fraction of sp³-hybridized carbons (Fsp3) is 0.222. The van der Waals surface area contributed by atoms with Gasteiger partial charge < -0.3 is 5.11 Å². The largest absolute Gasteiger partial charge is 0.481 e. The molecular formula is C9H9IO2S. The van der Waals surface area contributed by atoms with Crippen LogP contribution in [0.1, 0.15) is 5.56 Å². The van der Waals surface area contributed by atoms with Crippen LogP contribution in [0, 0.1) is 3.57 Å². The van der Waals surface area contributed by atoms with Gasteiger partial charge in [0.05, 0.1) is 6.42 Å². The number of carboxylic acid groups (broad SMARTS) is 1. The van der Waals surface area contributed by atoms with Gasteiger partial charge in [-0.2, -0.15) is 0 Å². The molecular weight excluding hydrogens is 299 g/mol. The lowest BCUT2D eigenvalue weighted by atomic mass is 10.2. The van der Waals surface area contributed by atoms with Crippen molar-refractivity contribution in [1.82, 2.24) is 0 Å². The van der Waals surface area contributed by atoms with Crippen LogP contribution in [0.4, 0.5) is 0 Å². The van der Waals surface area contributed by atoms with E-state index in [1.54, 1.807) is 11.8 Å². The Labute approximate surface area is 94.9 Å². The summed E-state index contributed by atoms with van der Waals surface area (Å²) < 4.78 is 1.17. The summed E-state index contributed by atoms with van der Waals surface area (Å²) >= 11 is 3.88. The van der Waals surface area contributed by atoms with Gasteiger partial charge in [-0.05, 0) is 46.5 Å². The molecule has 0 saturated carbocycles. The maximum absolute atomic E-state index is 10.4. The predicted molar refractivity (Wildman–Crippen MR) is 62.3 cm³/mol. The Hall–Kier alpha value is -0.230. The summed E-state index contributed by atoms with van der Waals surface area (Å²) in [4.78, 5) is 11.6. The van der Waals surface area contributed by atoms with E-state index in [-0.39, 0.29) is 6.42 Å². The van der Waals surface area contributed by atoms with Gasteiger partial charge in [0.25, 0.3) is 0 Å². The van der Waals surface area contributed by atoms with Crippen molar-refractivity contribution in [3.63, 3.8) is 0 Å². The molecule has 0 fully saturated rings. The molecule has 1 aromatic carbocycles. The molecule has 13 heavy (non-hydrogen) atoms. The standard InChI is InChI=1S/C9H9IO2S/c1-13-8-4-6(5-9(11)12)2-3-7(8)10/h2-4H,5H2,1H3,(H,11,12). The molecule has 0 spiro atoms. The molecule has 0 saturated heterocycles. The maximum atomic E-state index is 10.4. The van der Waals surface area contributed by atoms with Crippen LogP contribution in [0.3, 0.4) is 0 Å². The third-order valence-electron chi connectivity index (χ3n) is 1.57. The van der Waals surface area contributed by atoms with Crippen molar-refractivity contribution >= 4 is 40.3 Å². The highest BCUT2D eigenvalue weighted by atomic mass is 127. The summed E-state index contributed by atoms with van der Waals surface area (Å²) in [5.74, 6) is -0.784. The second kappa shape index (κ2) is 4.85. The topological polar surface area (TPSA) is 37.3 Å². The maximum Gasteiger partial charge on any atom is 0.307 e. The van der Waals surface area contributed by atoms with Crippen LogP contribution >= 0.6 is 34.4 Å². The number of thioether (sulfide) groups is 1. The first-order chi connectivity index (χ1) is 6.13. The minimum atomic E-state index is -0.784. The van der Waals surface area contributed by atoms with Gasteiger partial charge in [0.2, 0.25) is 0 Å². The Morgan fingerprint density at radius 2 is 2.31 bits per heavy atom. The van der Waals surface area contributed by atoms with Crippen molar-refractivity contribution in [3.8, 4) is 0 Å². The van der Waals surface area contributed by atoms with E-state index in [1.165, 1.54) is 3.57 Å². The van der Waals surface area contributed by atoms with Gasteiger partial charge in [-0.25, -0.2) is 0 Å². The van der Waals surface area contributed by atoms with Gasteiger partial charge in [0, 0.05) is 8.47 Å². The van der Waals surface area contributed by atoms with Crippen molar-refractivity contribution in [2.75, 3.05) is 6.26 Å². The van der Waals surface area contributed by atoms with Crippen molar-refractivity contribution < 1.29 is 9.90 Å². The predicted octanol–water partition coefficient (Wildman–Crippen LogP) is 2.64. The van der Waals surface area contributed by atoms with E-state index in [1.807, 2.05) is 24.5 Å². The zero-order valence-corrected chi connectivity index (χ0v) is 10.1. The zero-order chi connectivity index (χ0) is 9.84. The highest BCUT2D eigenvalue weighted by Crippen LogP contribution is 2.23. The van der Waals surface area contributed by atoms with Crippen LogP contribution in [-0.4, -0.2) is 17.3 Å². The van der Waals surface area contributed by atoms with Gasteiger partial charge in [-0.15, -0.1) is 11.8 Å². The summed E-state index contributed by atoms with van der Waals surface area (Å²) in [5, 5.41) is 8.59. The lowest BCUT2D eigenvalue weighted by Crippen LogP contribution is -2.00. The fourth-order valence-electron chi connectivity index (χ4n) is 0.989. The summed E-state index contributed by atoms with van der Waals surface area (Å²) in [6.07, 6.45) is 2.09. The molecule has 1 aromatic rings. The molecule has 0 aliphatic carbocycles. The second-order valence-electron chi connectivity index (χ2n) is 2.54. The van der Waals surface area contributed by atoms with E-state index in [0.717, 1.165) is 10.5 Å². The van der Waals surface area contributed by atoms with Crippen LogP contribution < -0.4 is 0 Å². The lowest BCUT2D eigenvalue weighted by Gasteiger charge is -2.03. The Kier molecular flexibility index (Phi) is 4.05. The Morgan fingerprint density at radius 1 is 1.62 bits per heavy atom. The first-order valence-corrected chi connectivity index (χ1v) is 5.98. The Balaban J connectivity index is 2.92. The quantitative estimate of drug-likeness (QED) is 0.689. The number of carboxylic acids is 1. The molecule has 0 atom stereocenters. The average molecular weight is 308 g/mol. The minimum Gasteiger partial charge on any atom is -0.481 e. The van der Waals surface area contributed by atoms with E-state index in [4.69, 9.17) is 5.11 Å². The summed E-state index contributed by atoms with van der Waals surface area (Å²) in [5.41, 5.74) is 0.859. The van der Waals surface area contributed by atoms with E-state index in [2.05, 4.69) is 22.6 Å². The molecule has 4 heteroatoms. The molecule has 2 nitrogen and oxygen atoms in total. The smallest absolute Gasteiger partial charge is 0.307 e. The number of aliphatic carboxylic acids is 1. The molecule has 0 bridgehead atoms. The van der Waals surface area contributed by atoms with Crippen LogP contribution in [0.25, 0.3) is 0 Å². The number of benzene rings is 1. The van der Waals surface area contributed by atoms with Crippen LogP contribution in [-0.2, 0) is 11.2 Å². The number of hydrogen-bond donors (Lipinski definition) is 1. The normalized spacial score (nSPS) is 10.0. The summed E-state index contributed by atoms with van der Waals surface area (Å²) in [6.45, 7) is 0. The molecule has 0 unspecified atom stereocenters. The first kappa shape index (κ1) is 10.8. The Bertz CT molecular complexity index is 325. The first-order valence-electron chi connectivity index (χ1n) is 3.67. The molecule has 70 valence electrons. The molecule has 0 amide bonds. The molecule has 0 aromatic heterocycles. The molecule has 1 rings (SSSR count).